The fourth-order valence-corrected chi connectivity index (χ4v) is 2.44. The zero-order chi connectivity index (χ0) is 12.1. The van der Waals surface area contributed by atoms with E-state index in [0.717, 1.165) is 0 Å². The van der Waals surface area contributed by atoms with E-state index in [1.807, 2.05) is 13.8 Å². The molecule has 4 heteroatoms. The molecule has 1 amide bonds. The largest absolute Gasteiger partial charge is 0.355 e. The SMILES string of the molecule is CCNC(=O)C(C)NC(C)c1ccc(C)s1. The lowest BCUT2D eigenvalue weighted by atomic mass is 10.2. The van der Waals surface area contributed by atoms with Crippen molar-refractivity contribution in [3.8, 4) is 0 Å². The number of aryl methyl sites for hydroxylation is 1. The van der Waals surface area contributed by atoms with Crippen LogP contribution in [-0.2, 0) is 4.79 Å². The molecule has 1 aromatic rings. The maximum atomic E-state index is 11.5. The Morgan fingerprint density at radius 3 is 2.62 bits per heavy atom. The Hall–Kier alpha value is -0.870. The van der Waals surface area contributed by atoms with Crippen LogP contribution in [0.25, 0.3) is 0 Å². The van der Waals surface area contributed by atoms with E-state index < -0.39 is 0 Å². The van der Waals surface area contributed by atoms with Crippen molar-refractivity contribution in [3.63, 3.8) is 0 Å². The molecule has 0 bridgehead atoms. The van der Waals surface area contributed by atoms with Gasteiger partial charge >= 0.3 is 0 Å². The average Bonchev–Trinajstić information content (AvgIpc) is 2.65. The molecule has 0 aliphatic heterocycles. The second-order valence-electron chi connectivity index (χ2n) is 3.95. The van der Waals surface area contributed by atoms with E-state index in [0.29, 0.717) is 6.54 Å². The normalized spacial score (nSPS) is 14.5. The van der Waals surface area contributed by atoms with E-state index in [-0.39, 0.29) is 18.0 Å². The van der Waals surface area contributed by atoms with Crippen molar-refractivity contribution < 1.29 is 4.79 Å². The molecule has 2 unspecified atom stereocenters. The Morgan fingerprint density at radius 1 is 1.44 bits per heavy atom. The standard InChI is InChI=1S/C12H20N2OS/c1-5-13-12(15)10(4)14-9(3)11-7-6-8(2)16-11/h6-7,9-10,14H,5H2,1-4H3,(H,13,15). The summed E-state index contributed by atoms with van der Waals surface area (Å²) in [6.45, 7) is 8.67. The highest BCUT2D eigenvalue weighted by atomic mass is 32.1. The van der Waals surface area contributed by atoms with E-state index in [2.05, 4.69) is 36.6 Å². The summed E-state index contributed by atoms with van der Waals surface area (Å²) in [5, 5.41) is 6.10. The summed E-state index contributed by atoms with van der Waals surface area (Å²) in [5.74, 6) is 0.0580. The molecule has 0 spiro atoms. The molecule has 0 aliphatic carbocycles. The Labute approximate surface area is 101 Å². The molecule has 0 saturated carbocycles. The molecular formula is C12H20N2OS. The Bertz CT molecular complexity index is 349. The molecular weight excluding hydrogens is 220 g/mol. The first kappa shape index (κ1) is 13.2. The number of carbonyl (C=O) groups excluding carboxylic acids is 1. The van der Waals surface area contributed by atoms with Gasteiger partial charge in [-0.05, 0) is 39.8 Å². The van der Waals surface area contributed by atoms with Crippen molar-refractivity contribution in [2.75, 3.05) is 6.54 Å². The minimum absolute atomic E-state index is 0.0580. The van der Waals surface area contributed by atoms with E-state index in [1.54, 1.807) is 11.3 Å². The molecule has 1 aromatic heterocycles. The topological polar surface area (TPSA) is 41.1 Å². The number of likely N-dealkylation sites (N-methyl/N-ethyl adjacent to an activating group) is 1. The summed E-state index contributed by atoms with van der Waals surface area (Å²) in [6.07, 6.45) is 0. The third-order valence-electron chi connectivity index (χ3n) is 2.43. The number of rotatable bonds is 5. The van der Waals surface area contributed by atoms with Gasteiger partial charge in [0.25, 0.3) is 0 Å². The minimum atomic E-state index is -0.155. The van der Waals surface area contributed by atoms with Gasteiger partial charge in [-0.15, -0.1) is 11.3 Å². The Kier molecular flexibility index (Phi) is 4.96. The first-order valence-electron chi connectivity index (χ1n) is 5.64. The van der Waals surface area contributed by atoms with Crippen LogP contribution in [-0.4, -0.2) is 18.5 Å². The number of thiophene rings is 1. The predicted molar refractivity (Wildman–Crippen MR) is 68.8 cm³/mol. The zero-order valence-electron chi connectivity index (χ0n) is 10.3. The van der Waals surface area contributed by atoms with E-state index in [9.17, 15) is 4.79 Å². The highest BCUT2D eigenvalue weighted by Crippen LogP contribution is 2.22. The third-order valence-corrected chi connectivity index (χ3v) is 3.62. The van der Waals surface area contributed by atoms with Gasteiger partial charge in [0.2, 0.25) is 5.91 Å². The van der Waals surface area contributed by atoms with Gasteiger partial charge in [0.05, 0.1) is 6.04 Å². The Morgan fingerprint density at radius 2 is 2.12 bits per heavy atom. The van der Waals surface area contributed by atoms with Crippen LogP contribution in [0.4, 0.5) is 0 Å². The van der Waals surface area contributed by atoms with Gasteiger partial charge in [0.1, 0.15) is 0 Å². The van der Waals surface area contributed by atoms with Crippen LogP contribution in [0.15, 0.2) is 12.1 Å². The molecule has 0 aliphatic rings. The summed E-state index contributed by atoms with van der Waals surface area (Å²) < 4.78 is 0. The lowest BCUT2D eigenvalue weighted by Gasteiger charge is -2.18. The maximum absolute atomic E-state index is 11.5. The number of amides is 1. The zero-order valence-corrected chi connectivity index (χ0v) is 11.1. The van der Waals surface area contributed by atoms with Crippen LogP contribution in [0.1, 0.15) is 36.6 Å². The minimum Gasteiger partial charge on any atom is -0.355 e. The van der Waals surface area contributed by atoms with Crippen LogP contribution in [0.5, 0.6) is 0 Å². The molecule has 0 saturated heterocycles. The van der Waals surface area contributed by atoms with E-state index >= 15 is 0 Å². The molecule has 1 heterocycles. The molecule has 90 valence electrons. The van der Waals surface area contributed by atoms with Crippen LogP contribution in [0, 0.1) is 6.92 Å². The fourth-order valence-electron chi connectivity index (χ4n) is 1.55. The van der Waals surface area contributed by atoms with Gasteiger partial charge in [-0.3, -0.25) is 10.1 Å². The Balaban J connectivity index is 2.51. The second kappa shape index (κ2) is 6.01. The smallest absolute Gasteiger partial charge is 0.236 e. The molecule has 0 radical (unpaired) electrons. The van der Waals surface area contributed by atoms with Gasteiger partial charge in [0.15, 0.2) is 0 Å². The molecule has 2 atom stereocenters. The van der Waals surface area contributed by atoms with Crippen LogP contribution >= 0.6 is 11.3 Å². The predicted octanol–water partition coefficient (Wildman–Crippen LogP) is 2.23. The van der Waals surface area contributed by atoms with Crippen molar-refractivity contribution >= 4 is 17.2 Å². The van der Waals surface area contributed by atoms with Crippen molar-refractivity contribution in [1.82, 2.24) is 10.6 Å². The van der Waals surface area contributed by atoms with Crippen molar-refractivity contribution in [1.29, 1.82) is 0 Å². The van der Waals surface area contributed by atoms with Crippen LogP contribution in [0.2, 0.25) is 0 Å². The maximum Gasteiger partial charge on any atom is 0.236 e. The molecule has 2 N–H and O–H groups in total. The number of nitrogens with one attached hydrogen (secondary N) is 2. The third kappa shape index (κ3) is 3.61. The van der Waals surface area contributed by atoms with E-state index in [1.165, 1.54) is 9.75 Å². The summed E-state index contributed by atoms with van der Waals surface area (Å²) in [5.41, 5.74) is 0. The summed E-state index contributed by atoms with van der Waals surface area (Å²) in [7, 11) is 0. The van der Waals surface area contributed by atoms with Crippen LogP contribution < -0.4 is 10.6 Å². The lowest BCUT2D eigenvalue weighted by molar-refractivity contribution is -0.122. The highest BCUT2D eigenvalue weighted by Gasteiger charge is 2.16. The molecule has 1 rings (SSSR count). The van der Waals surface area contributed by atoms with Crippen molar-refractivity contribution in [3.05, 3.63) is 21.9 Å². The van der Waals surface area contributed by atoms with Gasteiger partial charge in [-0.2, -0.15) is 0 Å². The highest BCUT2D eigenvalue weighted by molar-refractivity contribution is 7.12. The summed E-state index contributed by atoms with van der Waals surface area (Å²) in [4.78, 5) is 14.1. The first-order valence-corrected chi connectivity index (χ1v) is 6.46. The number of hydrogen-bond donors (Lipinski definition) is 2. The molecule has 16 heavy (non-hydrogen) atoms. The van der Waals surface area contributed by atoms with Gasteiger partial charge in [0, 0.05) is 22.3 Å². The number of hydrogen-bond acceptors (Lipinski definition) is 3. The van der Waals surface area contributed by atoms with Gasteiger partial charge in [-0.1, -0.05) is 0 Å². The fraction of sp³-hybridized carbons (Fsp3) is 0.583. The quantitative estimate of drug-likeness (QED) is 0.828. The van der Waals surface area contributed by atoms with Crippen LogP contribution in [0.3, 0.4) is 0 Å². The average molecular weight is 240 g/mol. The molecule has 0 aromatic carbocycles. The van der Waals surface area contributed by atoms with Gasteiger partial charge in [-0.25, -0.2) is 0 Å². The summed E-state index contributed by atoms with van der Waals surface area (Å²) >= 11 is 1.77. The molecule has 3 nitrogen and oxygen atoms in total. The lowest BCUT2D eigenvalue weighted by Crippen LogP contribution is -2.42. The number of carbonyl (C=O) groups is 1. The van der Waals surface area contributed by atoms with Crippen molar-refractivity contribution in [2.24, 2.45) is 0 Å². The van der Waals surface area contributed by atoms with Gasteiger partial charge < -0.3 is 5.32 Å². The monoisotopic (exact) mass is 240 g/mol. The second-order valence-corrected chi connectivity index (χ2v) is 5.27. The van der Waals surface area contributed by atoms with Crippen molar-refractivity contribution in [2.45, 2.75) is 39.8 Å². The summed E-state index contributed by atoms with van der Waals surface area (Å²) in [6, 6.07) is 4.28. The van der Waals surface area contributed by atoms with E-state index in [4.69, 9.17) is 0 Å². The molecule has 0 fully saturated rings. The first-order chi connectivity index (χ1) is 7.54.